The van der Waals surface area contributed by atoms with Crippen molar-refractivity contribution in [1.29, 1.82) is 0 Å². The molecule has 9 heteroatoms. The molecular weight excluding hydrogens is 375 g/mol. The van der Waals surface area contributed by atoms with E-state index in [4.69, 9.17) is 0 Å². The van der Waals surface area contributed by atoms with Crippen LogP contribution >= 0.6 is 0 Å². The Morgan fingerprint density at radius 1 is 1.14 bits per heavy atom. The van der Waals surface area contributed by atoms with Gasteiger partial charge in [0.05, 0.1) is 0 Å². The molecule has 0 aliphatic carbocycles. The molecular formula is C19H16F3N3O3. The van der Waals surface area contributed by atoms with Gasteiger partial charge in [0.15, 0.2) is 11.9 Å². The highest BCUT2D eigenvalue weighted by Gasteiger charge is 2.49. The number of nitrogens with zero attached hydrogens (tertiary/aromatic N) is 2. The molecule has 0 saturated heterocycles. The van der Waals surface area contributed by atoms with Crippen LogP contribution in [0.4, 0.5) is 13.2 Å². The van der Waals surface area contributed by atoms with Crippen molar-refractivity contribution in [2.24, 2.45) is 5.10 Å². The molecule has 1 unspecified atom stereocenters. The van der Waals surface area contributed by atoms with Gasteiger partial charge in [-0.05, 0) is 42.7 Å². The molecule has 146 valence electrons. The van der Waals surface area contributed by atoms with Gasteiger partial charge >= 0.3 is 12.1 Å². The number of carbonyl (C=O) groups is 2. The quantitative estimate of drug-likeness (QED) is 0.826. The third-order valence-corrected chi connectivity index (χ3v) is 4.27. The lowest BCUT2D eigenvalue weighted by molar-refractivity contribution is -0.189. The van der Waals surface area contributed by atoms with Crippen molar-refractivity contribution >= 4 is 17.6 Å². The Morgan fingerprint density at radius 3 is 2.25 bits per heavy atom. The summed E-state index contributed by atoms with van der Waals surface area (Å²) in [4.78, 5) is 24.7. The zero-order valence-electron chi connectivity index (χ0n) is 14.9. The molecule has 1 aliphatic rings. The van der Waals surface area contributed by atoms with Gasteiger partial charge in [0.2, 0.25) is 0 Å². The molecule has 0 fully saturated rings. The van der Waals surface area contributed by atoms with Crippen LogP contribution in [0.25, 0.3) is 0 Å². The largest absolute Gasteiger partial charge is 0.507 e. The topological polar surface area (TPSA) is 82.0 Å². The second kappa shape index (κ2) is 6.99. The summed E-state index contributed by atoms with van der Waals surface area (Å²) in [5.41, 5.74) is 1.19. The Hall–Kier alpha value is -3.36. The van der Waals surface area contributed by atoms with Gasteiger partial charge in [-0.2, -0.15) is 18.3 Å². The standard InChI is InChI=1S/C19H16F3N3O3/c1-10-8-13(9-11(2)15(10)26)14-17(27)23-16(12-6-4-3-5-7-12)24-25(14)18(28)19(20,21)22/h3-9,14,26H,1-2H3,(H,23,24,27). The fraction of sp³-hybridized carbons (Fsp3) is 0.211. The third kappa shape index (κ3) is 3.55. The highest BCUT2D eigenvalue weighted by atomic mass is 19.4. The number of hydrazone groups is 1. The Labute approximate surface area is 158 Å². The number of nitrogens with one attached hydrogen (secondary N) is 1. The summed E-state index contributed by atoms with van der Waals surface area (Å²) in [5.74, 6) is -3.30. The van der Waals surface area contributed by atoms with Gasteiger partial charge in [0.25, 0.3) is 5.91 Å². The van der Waals surface area contributed by atoms with Crippen molar-refractivity contribution < 1.29 is 27.9 Å². The number of amides is 2. The van der Waals surface area contributed by atoms with E-state index in [1.54, 1.807) is 44.2 Å². The molecule has 1 atom stereocenters. The van der Waals surface area contributed by atoms with Crippen LogP contribution in [0.15, 0.2) is 47.6 Å². The number of amidine groups is 1. The highest BCUT2D eigenvalue weighted by molar-refractivity contribution is 6.12. The van der Waals surface area contributed by atoms with E-state index >= 15 is 0 Å². The van der Waals surface area contributed by atoms with Crippen LogP contribution in [0.3, 0.4) is 0 Å². The van der Waals surface area contributed by atoms with Gasteiger partial charge < -0.3 is 10.4 Å². The Kier molecular flexibility index (Phi) is 4.84. The summed E-state index contributed by atoms with van der Waals surface area (Å²) < 4.78 is 39.5. The monoisotopic (exact) mass is 391 g/mol. The number of phenols is 1. The van der Waals surface area contributed by atoms with Crippen molar-refractivity contribution in [2.75, 3.05) is 0 Å². The van der Waals surface area contributed by atoms with Crippen LogP contribution in [0.5, 0.6) is 5.75 Å². The molecule has 28 heavy (non-hydrogen) atoms. The normalized spacial score (nSPS) is 17.2. The molecule has 2 aromatic carbocycles. The van der Waals surface area contributed by atoms with E-state index in [1.807, 2.05) is 0 Å². The first-order valence-corrected chi connectivity index (χ1v) is 8.25. The molecule has 0 spiro atoms. The van der Waals surface area contributed by atoms with Crippen molar-refractivity contribution in [1.82, 2.24) is 10.3 Å². The molecule has 1 heterocycles. The van der Waals surface area contributed by atoms with Crippen LogP contribution in [-0.2, 0) is 9.59 Å². The van der Waals surface area contributed by atoms with Crippen molar-refractivity contribution in [3.63, 3.8) is 0 Å². The minimum atomic E-state index is -5.22. The molecule has 3 rings (SSSR count). The first-order chi connectivity index (χ1) is 13.1. The molecule has 2 amide bonds. The molecule has 2 N–H and O–H groups in total. The number of aryl methyl sites for hydroxylation is 2. The number of carbonyl (C=O) groups excluding carboxylic acids is 2. The zero-order valence-corrected chi connectivity index (χ0v) is 14.9. The average molecular weight is 391 g/mol. The van der Waals surface area contributed by atoms with Crippen LogP contribution in [-0.4, -0.2) is 33.9 Å². The lowest BCUT2D eigenvalue weighted by Gasteiger charge is -2.32. The van der Waals surface area contributed by atoms with E-state index in [1.165, 1.54) is 12.1 Å². The molecule has 0 aromatic heterocycles. The minimum Gasteiger partial charge on any atom is -0.507 e. The van der Waals surface area contributed by atoms with Gasteiger partial charge in [-0.15, -0.1) is 0 Å². The van der Waals surface area contributed by atoms with E-state index in [0.29, 0.717) is 16.7 Å². The fourth-order valence-electron chi connectivity index (χ4n) is 2.94. The Bertz CT molecular complexity index is 948. The predicted octanol–water partition coefficient (Wildman–Crippen LogP) is 2.93. The fourth-order valence-corrected chi connectivity index (χ4v) is 2.94. The molecule has 0 bridgehead atoms. The predicted molar refractivity (Wildman–Crippen MR) is 94.3 cm³/mol. The molecule has 6 nitrogen and oxygen atoms in total. The SMILES string of the molecule is Cc1cc(C2C(=O)NC(c3ccccc3)=NN2C(=O)C(F)(F)F)cc(C)c1O. The lowest BCUT2D eigenvalue weighted by Crippen LogP contribution is -2.52. The van der Waals surface area contributed by atoms with Gasteiger partial charge in [-0.3, -0.25) is 9.59 Å². The first-order valence-electron chi connectivity index (χ1n) is 8.25. The van der Waals surface area contributed by atoms with Gasteiger partial charge in [0, 0.05) is 5.56 Å². The number of aromatic hydroxyl groups is 1. The lowest BCUT2D eigenvalue weighted by atomic mass is 9.98. The average Bonchev–Trinajstić information content (AvgIpc) is 2.64. The number of benzene rings is 2. The van der Waals surface area contributed by atoms with Crippen molar-refractivity contribution in [2.45, 2.75) is 26.1 Å². The summed E-state index contributed by atoms with van der Waals surface area (Å²) >= 11 is 0. The van der Waals surface area contributed by atoms with E-state index in [-0.39, 0.29) is 22.2 Å². The second-order valence-electron chi connectivity index (χ2n) is 6.36. The maximum atomic E-state index is 13.2. The maximum absolute atomic E-state index is 13.2. The molecule has 0 radical (unpaired) electrons. The second-order valence-corrected chi connectivity index (χ2v) is 6.36. The van der Waals surface area contributed by atoms with E-state index in [9.17, 15) is 27.9 Å². The number of hydrogen-bond donors (Lipinski definition) is 2. The number of phenolic OH excluding ortho intramolecular Hbond substituents is 1. The summed E-state index contributed by atoms with van der Waals surface area (Å²) in [5, 5.41) is 16.3. The number of alkyl halides is 3. The molecule has 2 aromatic rings. The smallest absolute Gasteiger partial charge is 0.473 e. The van der Waals surface area contributed by atoms with Gasteiger partial charge in [-0.25, -0.2) is 5.01 Å². The summed E-state index contributed by atoms with van der Waals surface area (Å²) in [7, 11) is 0. The number of hydrogen-bond acceptors (Lipinski definition) is 4. The van der Waals surface area contributed by atoms with Gasteiger partial charge in [-0.1, -0.05) is 30.3 Å². The van der Waals surface area contributed by atoms with Crippen molar-refractivity contribution in [3.8, 4) is 5.75 Å². The van der Waals surface area contributed by atoms with E-state index in [2.05, 4.69) is 10.4 Å². The number of halogens is 3. The van der Waals surface area contributed by atoms with Crippen LogP contribution in [0.2, 0.25) is 0 Å². The maximum Gasteiger partial charge on any atom is 0.473 e. The Balaban J connectivity index is 2.14. The van der Waals surface area contributed by atoms with Crippen LogP contribution < -0.4 is 5.32 Å². The first kappa shape index (κ1) is 19.4. The highest BCUT2D eigenvalue weighted by Crippen LogP contribution is 2.33. The van der Waals surface area contributed by atoms with Gasteiger partial charge in [0.1, 0.15) is 5.75 Å². The zero-order chi connectivity index (χ0) is 20.6. The third-order valence-electron chi connectivity index (χ3n) is 4.27. The summed E-state index contributed by atoms with van der Waals surface area (Å²) in [6, 6.07) is 9.11. The molecule has 0 saturated carbocycles. The number of rotatable bonds is 2. The molecule has 1 aliphatic heterocycles. The van der Waals surface area contributed by atoms with E-state index in [0.717, 1.165) is 0 Å². The van der Waals surface area contributed by atoms with E-state index < -0.39 is 24.0 Å². The van der Waals surface area contributed by atoms with Crippen LogP contribution in [0.1, 0.15) is 28.3 Å². The Morgan fingerprint density at radius 2 is 1.71 bits per heavy atom. The van der Waals surface area contributed by atoms with Crippen LogP contribution in [0, 0.1) is 13.8 Å². The van der Waals surface area contributed by atoms with Crippen molar-refractivity contribution in [3.05, 3.63) is 64.7 Å². The summed E-state index contributed by atoms with van der Waals surface area (Å²) in [6.45, 7) is 3.09. The summed E-state index contributed by atoms with van der Waals surface area (Å²) in [6.07, 6.45) is -5.22. The minimum absolute atomic E-state index is 0.0397.